The third-order valence-electron chi connectivity index (χ3n) is 2.47. The van der Waals surface area contributed by atoms with Gasteiger partial charge in [-0.2, -0.15) is 0 Å². The molecule has 1 aromatic heterocycles. The molecule has 0 aliphatic rings. The van der Waals surface area contributed by atoms with Gasteiger partial charge in [0.15, 0.2) is 0 Å². The Kier molecular flexibility index (Phi) is 3.44. The van der Waals surface area contributed by atoms with Crippen molar-refractivity contribution in [1.82, 2.24) is 14.9 Å². The molecule has 0 bridgehead atoms. The molecule has 0 aliphatic heterocycles. The maximum absolute atomic E-state index is 12.0. The molecular formula is C10H16N4O2. The highest BCUT2D eigenvalue weighted by molar-refractivity contribution is 5.92. The Balaban J connectivity index is 2.95. The van der Waals surface area contributed by atoms with Crippen molar-refractivity contribution in [2.24, 2.45) is 0 Å². The van der Waals surface area contributed by atoms with E-state index in [0.717, 1.165) is 0 Å². The monoisotopic (exact) mass is 224 g/mol. The summed E-state index contributed by atoms with van der Waals surface area (Å²) in [7, 11) is 1.60. The van der Waals surface area contributed by atoms with Gasteiger partial charge in [0.25, 0.3) is 5.91 Å². The second-order valence-corrected chi connectivity index (χ2v) is 4.16. The summed E-state index contributed by atoms with van der Waals surface area (Å²) in [6.45, 7) is 3.38. The number of hydrogen-bond acceptors (Lipinski definition) is 5. The van der Waals surface area contributed by atoms with E-state index in [2.05, 4.69) is 9.97 Å². The number of aromatic nitrogens is 2. The van der Waals surface area contributed by atoms with E-state index in [9.17, 15) is 4.79 Å². The zero-order valence-electron chi connectivity index (χ0n) is 9.64. The molecule has 0 aromatic carbocycles. The van der Waals surface area contributed by atoms with Crippen LogP contribution >= 0.6 is 0 Å². The second-order valence-electron chi connectivity index (χ2n) is 4.16. The van der Waals surface area contributed by atoms with E-state index >= 15 is 0 Å². The average molecular weight is 224 g/mol. The van der Waals surface area contributed by atoms with Crippen LogP contribution in [0.1, 0.15) is 24.3 Å². The van der Waals surface area contributed by atoms with Crippen LogP contribution in [0.15, 0.2) is 12.4 Å². The third kappa shape index (κ3) is 2.46. The Bertz CT molecular complexity index is 392. The molecule has 1 heterocycles. The zero-order valence-corrected chi connectivity index (χ0v) is 9.64. The molecule has 0 spiro atoms. The highest BCUT2D eigenvalue weighted by Crippen LogP contribution is 2.14. The van der Waals surface area contributed by atoms with E-state index in [1.165, 1.54) is 17.3 Å². The molecule has 0 saturated carbocycles. The largest absolute Gasteiger partial charge is 0.394 e. The van der Waals surface area contributed by atoms with Gasteiger partial charge in [-0.1, -0.05) is 0 Å². The van der Waals surface area contributed by atoms with Crippen molar-refractivity contribution >= 4 is 11.7 Å². The van der Waals surface area contributed by atoms with Crippen LogP contribution in [0.4, 0.5) is 5.82 Å². The van der Waals surface area contributed by atoms with Crippen molar-refractivity contribution < 1.29 is 9.90 Å². The molecule has 1 rings (SSSR count). The number of anilines is 1. The van der Waals surface area contributed by atoms with Crippen LogP contribution in [0.5, 0.6) is 0 Å². The van der Waals surface area contributed by atoms with Crippen LogP contribution in [0.25, 0.3) is 0 Å². The summed E-state index contributed by atoms with van der Waals surface area (Å²) < 4.78 is 0. The van der Waals surface area contributed by atoms with Crippen molar-refractivity contribution in [3.63, 3.8) is 0 Å². The number of amides is 1. The molecule has 88 valence electrons. The molecule has 16 heavy (non-hydrogen) atoms. The molecule has 6 heteroatoms. The molecule has 0 fully saturated rings. The van der Waals surface area contributed by atoms with Crippen LogP contribution in [-0.2, 0) is 0 Å². The van der Waals surface area contributed by atoms with Gasteiger partial charge in [0.05, 0.1) is 24.5 Å². The molecule has 0 atom stereocenters. The predicted octanol–water partition coefficient (Wildman–Crippen LogP) is -0.0983. The highest BCUT2D eigenvalue weighted by Gasteiger charge is 2.28. The number of nitrogens with two attached hydrogens (primary N) is 1. The lowest BCUT2D eigenvalue weighted by Crippen LogP contribution is -2.47. The Hall–Kier alpha value is -1.69. The fourth-order valence-electron chi connectivity index (χ4n) is 1.04. The van der Waals surface area contributed by atoms with Gasteiger partial charge in [0, 0.05) is 7.05 Å². The SMILES string of the molecule is CN(C(=O)c1cncc(N)n1)C(C)(C)CO. The van der Waals surface area contributed by atoms with E-state index in [1.54, 1.807) is 20.9 Å². The van der Waals surface area contributed by atoms with Gasteiger partial charge in [-0.3, -0.25) is 9.78 Å². The van der Waals surface area contributed by atoms with Gasteiger partial charge in [-0.05, 0) is 13.8 Å². The van der Waals surface area contributed by atoms with E-state index in [-0.39, 0.29) is 24.0 Å². The van der Waals surface area contributed by atoms with Gasteiger partial charge in [0.2, 0.25) is 0 Å². The quantitative estimate of drug-likeness (QED) is 0.748. The third-order valence-corrected chi connectivity index (χ3v) is 2.47. The van der Waals surface area contributed by atoms with Crippen molar-refractivity contribution in [3.8, 4) is 0 Å². The summed E-state index contributed by atoms with van der Waals surface area (Å²) in [6.07, 6.45) is 2.72. The molecular weight excluding hydrogens is 208 g/mol. The van der Waals surface area contributed by atoms with E-state index in [4.69, 9.17) is 10.8 Å². The van der Waals surface area contributed by atoms with Crippen molar-refractivity contribution in [3.05, 3.63) is 18.1 Å². The minimum atomic E-state index is -0.649. The van der Waals surface area contributed by atoms with Crippen molar-refractivity contribution in [1.29, 1.82) is 0 Å². The molecule has 3 N–H and O–H groups in total. The summed E-state index contributed by atoms with van der Waals surface area (Å²) in [5.41, 5.74) is 4.97. The number of likely N-dealkylation sites (N-methyl/N-ethyl adjacent to an activating group) is 1. The molecule has 0 saturated heterocycles. The number of nitrogen functional groups attached to an aromatic ring is 1. The van der Waals surface area contributed by atoms with Crippen LogP contribution < -0.4 is 5.73 Å². The van der Waals surface area contributed by atoms with Crippen LogP contribution in [0.2, 0.25) is 0 Å². The minimum Gasteiger partial charge on any atom is -0.394 e. The standard InChI is InChI=1S/C10H16N4O2/c1-10(2,6-15)14(3)9(16)7-4-12-5-8(11)13-7/h4-5,15H,6H2,1-3H3,(H2,11,13). The number of hydrogen-bond donors (Lipinski definition) is 2. The first-order chi connectivity index (χ1) is 7.38. The fourth-order valence-corrected chi connectivity index (χ4v) is 1.04. The first-order valence-electron chi connectivity index (χ1n) is 4.85. The molecule has 1 aromatic rings. The van der Waals surface area contributed by atoms with Crippen LogP contribution in [-0.4, -0.2) is 45.1 Å². The fraction of sp³-hybridized carbons (Fsp3) is 0.500. The van der Waals surface area contributed by atoms with Gasteiger partial charge < -0.3 is 15.7 Å². The predicted molar refractivity (Wildman–Crippen MR) is 59.7 cm³/mol. The van der Waals surface area contributed by atoms with Crippen LogP contribution in [0.3, 0.4) is 0 Å². The summed E-state index contributed by atoms with van der Waals surface area (Å²) >= 11 is 0. The summed E-state index contributed by atoms with van der Waals surface area (Å²) in [5.74, 6) is -0.125. The van der Waals surface area contributed by atoms with Gasteiger partial charge >= 0.3 is 0 Å². The van der Waals surface area contributed by atoms with Gasteiger partial charge in [-0.25, -0.2) is 4.98 Å². The smallest absolute Gasteiger partial charge is 0.274 e. The Morgan fingerprint density at radius 1 is 1.56 bits per heavy atom. The molecule has 0 unspecified atom stereocenters. The topological polar surface area (TPSA) is 92.3 Å². The maximum Gasteiger partial charge on any atom is 0.274 e. The first kappa shape index (κ1) is 12.4. The molecule has 0 aliphatic carbocycles. The van der Waals surface area contributed by atoms with Gasteiger partial charge in [-0.15, -0.1) is 0 Å². The average Bonchev–Trinajstić information content (AvgIpc) is 2.27. The second kappa shape index (κ2) is 4.44. The normalized spacial score (nSPS) is 11.2. The lowest BCUT2D eigenvalue weighted by molar-refractivity contribution is 0.0467. The molecule has 6 nitrogen and oxygen atoms in total. The summed E-state index contributed by atoms with van der Waals surface area (Å²) in [6, 6.07) is 0. The lowest BCUT2D eigenvalue weighted by atomic mass is 10.0. The minimum absolute atomic E-state index is 0.134. The maximum atomic E-state index is 12.0. The number of carbonyl (C=O) groups is 1. The molecule has 1 amide bonds. The number of aliphatic hydroxyl groups is 1. The Labute approximate surface area is 94.1 Å². The highest BCUT2D eigenvalue weighted by atomic mass is 16.3. The number of rotatable bonds is 3. The number of nitrogens with zero attached hydrogens (tertiary/aromatic N) is 3. The van der Waals surface area contributed by atoms with Crippen LogP contribution in [0, 0.1) is 0 Å². The van der Waals surface area contributed by atoms with Crippen molar-refractivity contribution in [2.75, 3.05) is 19.4 Å². The zero-order chi connectivity index (χ0) is 12.3. The van der Waals surface area contributed by atoms with Gasteiger partial charge in [0.1, 0.15) is 11.5 Å². The number of carbonyl (C=O) groups excluding carboxylic acids is 1. The lowest BCUT2D eigenvalue weighted by Gasteiger charge is -2.33. The van der Waals surface area contributed by atoms with E-state index in [1.807, 2.05) is 0 Å². The Morgan fingerprint density at radius 2 is 2.19 bits per heavy atom. The number of aliphatic hydroxyl groups excluding tert-OH is 1. The summed E-state index contributed by atoms with van der Waals surface area (Å²) in [4.78, 5) is 21.1. The van der Waals surface area contributed by atoms with Crippen molar-refractivity contribution in [2.45, 2.75) is 19.4 Å². The molecule has 0 radical (unpaired) electrons. The first-order valence-corrected chi connectivity index (χ1v) is 4.85. The Morgan fingerprint density at radius 3 is 2.69 bits per heavy atom. The van der Waals surface area contributed by atoms with E-state index < -0.39 is 5.54 Å². The van der Waals surface area contributed by atoms with E-state index in [0.29, 0.717) is 0 Å². The summed E-state index contributed by atoms with van der Waals surface area (Å²) in [5, 5.41) is 9.16.